The third-order valence-electron chi connectivity index (χ3n) is 4.23. The van der Waals surface area contributed by atoms with E-state index in [0.717, 1.165) is 16.2 Å². The SMILES string of the molecule is O=C(O)CCC(=O)N(CCOCCNC(=O)OCc1ccccc1)OCc1ccccc1. The first-order chi connectivity index (χ1) is 15.5. The molecule has 0 radical (unpaired) electrons. The lowest BCUT2D eigenvalue weighted by atomic mass is 10.2. The summed E-state index contributed by atoms with van der Waals surface area (Å²) in [6, 6.07) is 18.6. The van der Waals surface area contributed by atoms with Crippen LogP contribution in [0.5, 0.6) is 0 Å². The Morgan fingerprint density at radius 1 is 0.844 bits per heavy atom. The van der Waals surface area contributed by atoms with Crippen molar-refractivity contribution in [2.45, 2.75) is 26.1 Å². The van der Waals surface area contributed by atoms with Crippen LogP contribution in [-0.2, 0) is 37.1 Å². The number of aliphatic carboxylic acids is 1. The zero-order chi connectivity index (χ0) is 23.0. The lowest BCUT2D eigenvalue weighted by Crippen LogP contribution is -2.35. The number of hydrogen-bond acceptors (Lipinski definition) is 6. The van der Waals surface area contributed by atoms with Crippen molar-refractivity contribution >= 4 is 18.0 Å². The first-order valence-corrected chi connectivity index (χ1v) is 10.3. The van der Waals surface area contributed by atoms with E-state index in [4.69, 9.17) is 19.4 Å². The lowest BCUT2D eigenvalue weighted by Gasteiger charge is -2.22. The van der Waals surface area contributed by atoms with Crippen molar-refractivity contribution in [3.63, 3.8) is 0 Å². The molecule has 0 bridgehead atoms. The molecule has 0 heterocycles. The fraction of sp³-hybridized carbons (Fsp3) is 0.348. The van der Waals surface area contributed by atoms with Gasteiger partial charge >= 0.3 is 12.1 Å². The van der Waals surface area contributed by atoms with Gasteiger partial charge in [0.2, 0.25) is 5.91 Å². The molecule has 0 aliphatic carbocycles. The maximum Gasteiger partial charge on any atom is 0.407 e. The van der Waals surface area contributed by atoms with Crippen LogP contribution in [-0.4, -0.2) is 54.4 Å². The largest absolute Gasteiger partial charge is 0.481 e. The van der Waals surface area contributed by atoms with E-state index in [1.807, 2.05) is 60.7 Å². The van der Waals surface area contributed by atoms with Crippen molar-refractivity contribution in [3.8, 4) is 0 Å². The maximum atomic E-state index is 12.3. The van der Waals surface area contributed by atoms with Crippen molar-refractivity contribution in [2.24, 2.45) is 0 Å². The molecule has 2 N–H and O–H groups in total. The van der Waals surface area contributed by atoms with Crippen molar-refractivity contribution in [3.05, 3.63) is 71.8 Å². The number of ether oxygens (including phenoxy) is 2. The number of amides is 2. The van der Waals surface area contributed by atoms with Crippen molar-refractivity contribution in [2.75, 3.05) is 26.3 Å². The van der Waals surface area contributed by atoms with Crippen molar-refractivity contribution < 1.29 is 33.8 Å². The number of nitrogens with zero attached hydrogens (tertiary/aromatic N) is 1. The van der Waals surface area contributed by atoms with E-state index < -0.39 is 18.0 Å². The van der Waals surface area contributed by atoms with Gasteiger partial charge in [-0.1, -0.05) is 60.7 Å². The number of carboxylic acids is 1. The number of alkyl carbamates (subject to hydrolysis) is 1. The molecule has 2 aromatic carbocycles. The zero-order valence-electron chi connectivity index (χ0n) is 17.8. The van der Waals surface area contributed by atoms with Gasteiger partial charge in [0.1, 0.15) is 13.2 Å². The molecule has 2 amide bonds. The molecule has 0 fully saturated rings. The third-order valence-corrected chi connectivity index (χ3v) is 4.23. The number of nitrogens with one attached hydrogen (secondary N) is 1. The van der Waals surface area contributed by atoms with Crippen molar-refractivity contribution in [1.29, 1.82) is 0 Å². The van der Waals surface area contributed by atoms with Crippen LogP contribution in [0.3, 0.4) is 0 Å². The first kappa shape index (κ1) is 24.8. The summed E-state index contributed by atoms with van der Waals surface area (Å²) in [7, 11) is 0. The first-order valence-electron chi connectivity index (χ1n) is 10.3. The highest BCUT2D eigenvalue weighted by molar-refractivity contribution is 5.80. The van der Waals surface area contributed by atoms with E-state index >= 15 is 0 Å². The molecule has 0 saturated heterocycles. The van der Waals surface area contributed by atoms with Crippen LogP contribution < -0.4 is 5.32 Å². The quantitative estimate of drug-likeness (QED) is 0.340. The monoisotopic (exact) mass is 444 g/mol. The van der Waals surface area contributed by atoms with Gasteiger partial charge in [-0.25, -0.2) is 9.86 Å². The molecule has 0 atom stereocenters. The molecule has 32 heavy (non-hydrogen) atoms. The van der Waals surface area contributed by atoms with Crippen LogP contribution in [0.15, 0.2) is 60.7 Å². The summed E-state index contributed by atoms with van der Waals surface area (Å²) in [6.45, 7) is 1.11. The Hall–Kier alpha value is -3.43. The summed E-state index contributed by atoms with van der Waals surface area (Å²) < 4.78 is 10.5. The molecular formula is C23H28N2O7. The average molecular weight is 444 g/mol. The van der Waals surface area contributed by atoms with Crippen LogP contribution in [0.25, 0.3) is 0 Å². The van der Waals surface area contributed by atoms with E-state index in [9.17, 15) is 14.4 Å². The second-order valence-corrected chi connectivity index (χ2v) is 6.75. The highest BCUT2D eigenvalue weighted by atomic mass is 16.7. The van der Waals surface area contributed by atoms with E-state index in [2.05, 4.69) is 5.32 Å². The molecule has 0 unspecified atom stereocenters. The molecule has 0 saturated carbocycles. The van der Waals surface area contributed by atoms with Gasteiger partial charge in [-0.3, -0.25) is 14.4 Å². The molecular weight excluding hydrogens is 416 g/mol. The minimum absolute atomic E-state index is 0.129. The number of hydroxylamine groups is 2. The van der Waals surface area contributed by atoms with Gasteiger partial charge in [-0.2, -0.15) is 0 Å². The second kappa shape index (κ2) is 14.6. The fourth-order valence-electron chi connectivity index (χ4n) is 2.58. The second-order valence-electron chi connectivity index (χ2n) is 6.75. The minimum Gasteiger partial charge on any atom is -0.481 e. The third kappa shape index (κ3) is 10.6. The Morgan fingerprint density at radius 3 is 2.09 bits per heavy atom. The average Bonchev–Trinajstić information content (AvgIpc) is 2.81. The highest BCUT2D eigenvalue weighted by Crippen LogP contribution is 2.06. The Balaban J connectivity index is 1.65. The molecule has 9 heteroatoms. The minimum atomic E-state index is -1.05. The van der Waals surface area contributed by atoms with Crippen LogP contribution in [0, 0.1) is 0 Å². The summed E-state index contributed by atoms with van der Waals surface area (Å²) in [4.78, 5) is 40.3. The number of benzene rings is 2. The van der Waals surface area contributed by atoms with E-state index in [1.165, 1.54) is 0 Å². The molecule has 2 aromatic rings. The standard InChI is InChI=1S/C23H28N2O7/c26-21(11-12-22(27)28)25(32-18-20-9-5-2-6-10-20)14-16-30-15-13-24-23(29)31-17-19-7-3-1-4-8-19/h1-10H,11-18H2,(H,24,29)(H,27,28). The predicted octanol–water partition coefficient (Wildman–Crippen LogP) is 2.75. The molecule has 9 nitrogen and oxygen atoms in total. The fourth-order valence-corrected chi connectivity index (χ4v) is 2.58. The van der Waals surface area contributed by atoms with Gasteiger partial charge in [0.05, 0.1) is 26.2 Å². The van der Waals surface area contributed by atoms with Gasteiger partial charge in [0.15, 0.2) is 0 Å². The van der Waals surface area contributed by atoms with Gasteiger partial charge in [-0.15, -0.1) is 0 Å². The van der Waals surface area contributed by atoms with E-state index in [1.54, 1.807) is 0 Å². The van der Waals surface area contributed by atoms with Crippen LogP contribution in [0.1, 0.15) is 24.0 Å². The smallest absolute Gasteiger partial charge is 0.407 e. The topological polar surface area (TPSA) is 114 Å². The maximum absolute atomic E-state index is 12.3. The summed E-state index contributed by atoms with van der Waals surface area (Å²) in [5.41, 5.74) is 1.77. The lowest BCUT2D eigenvalue weighted by molar-refractivity contribution is -0.195. The van der Waals surface area contributed by atoms with Gasteiger partial charge < -0.3 is 19.9 Å². The van der Waals surface area contributed by atoms with Gasteiger partial charge in [-0.05, 0) is 11.1 Å². The summed E-state index contributed by atoms with van der Waals surface area (Å²) in [6.07, 6.45) is -0.993. The Bertz CT molecular complexity index is 831. The molecule has 0 spiro atoms. The van der Waals surface area contributed by atoms with Crippen LogP contribution in [0.2, 0.25) is 0 Å². The van der Waals surface area contributed by atoms with E-state index in [-0.39, 0.29) is 52.4 Å². The Labute approximate surface area is 186 Å². The molecule has 0 aromatic heterocycles. The predicted molar refractivity (Wildman–Crippen MR) is 115 cm³/mol. The number of rotatable bonds is 14. The molecule has 172 valence electrons. The van der Waals surface area contributed by atoms with Gasteiger partial charge in [0, 0.05) is 13.0 Å². The number of hydrogen-bond donors (Lipinski definition) is 2. The summed E-state index contributed by atoms with van der Waals surface area (Å²) >= 11 is 0. The van der Waals surface area contributed by atoms with Crippen molar-refractivity contribution in [1.82, 2.24) is 10.4 Å². The van der Waals surface area contributed by atoms with E-state index in [0.29, 0.717) is 0 Å². The Morgan fingerprint density at radius 2 is 1.47 bits per heavy atom. The molecule has 0 aliphatic rings. The zero-order valence-corrected chi connectivity index (χ0v) is 17.8. The number of carboxylic acid groups (broad SMARTS) is 1. The molecule has 0 aliphatic heterocycles. The Kier molecular flexibility index (Phi) is 11.3. The summed E-state index contributed by atoms with van der Waals surface area (Å²) in [5.74, 6) is -1.49. The highest BCUT2D eigenvalue weighted by Gasteiger charge is 2.16. The van der Waals surface area contributed by atoms with Crippen LogP contribution in [0.4, 0.5) is 4.79 Å². The molecule has 2 rings (SSSR count). The number of carbonyl (C=O) groups excluding carboxylic acids is 2. The normalized spacial score (nSPS) is 10.4. The van der Waals surface area contributed by atoms with Gasteiger partial charge in [0.25, 0.3) is 0 Å². The number of carbonyl (C=O) groups is 3. The van der Waals surface area contributed by atoms with Crippen LogP contribution >= 0.6 is 0 Å². The summed E-state index contributed by atoms with van der Waals surface area (Å²) in [5, 5.41) is 12.5.